The van der Waals surface area contributed by atoms with Gasteiger partial charge in [-0.25, -0.2) is 4.79 Å². The molecule has 0 aliphatic carbocycles. The molecule has 1 aromatic carbocycles. The van der Waals surface area contributed by atoms with Crippen molar-refractivity contribution in [2.24, 2.45) is 0 Å². The van der Waals surface area contributed by atoms with E-state index in [2.05, 4.69) is 37.2 Å². The fourth-order valence-corrected chi connectivity index (χ4v) is 2.64. The molecule has 1 rings (SSSR count). The van der Waals surface area contributed by atoms with Crippen LogP contribution in [-0.4, -0.2) is 30.6 Å². The van der Waals surface area contributed by atoms with Crippen LogP contribution >= 0.6 is 31.9 Å². The second-order valence-electron chi connectivity index (χ2n) is 3.45. The molecule has 0 aromatic heterocycles. The van der Waals surface area contributed by atoms with Crippen LogP contribution in [0, 0.1) is 0 Å². The maximum atomic E-state index is 11.1. The fourth-order valence-electron chi connectivity index (χ4n) is 1.19. The van der Waals surface area contributed by atoms with Crippen molar-refractivity contribution in [3.63, 3.8) is 0 Å². The third-order valence-electron chi connectivity index (χ3n) is 2.07. The monoisotopic (exact) mass is 391 g/mol. The van der Waals surface area contributed by atoms with E-state index in [1.807, 2.05) is 0 Å². The van der Waals surface area contributed by atoms with E-state index in [9.17, 15) is 9.59 Å². The van der Waals surface area contributed by atoms with Gasteiger partial charge in [0.15, 0.2) is 6.61 Å². The lowest BCUT2D eigenvalue weighted by molar-refractivity contribution is -0.131. The number of aliphatic carboxylic acids is 1. The van der Waals surface area contributed by atoms with Crippen LogP contribution in [0.4, 0.5) is 0 Å². The van der Waals surface area contributed by atoms with E-state index >= 15 is 0 Å². The summed E-state index contributed by atoms with van der Waals surface area (Å²) in [4.78, 5) is 21.5. The Balaban J connectivity index is 2.91. The quantitative estimate of drug-likeness (QED) is 0.754. The largest absolute Gasteiger partial charge is 0.481 e. The van der Waals surface area contributed by atoms with E-state index in [0.717, 1.165) is 6.08 Å². The lowest BCUT2D eigenvalue weighted by Gasteiger charge is -2.10. The molecule has 19 heavy (non-hydrogen) atoms. The molecule has 7 heteroatoms. The van der Waals surface area contributed by atoms with Gasteiger partial charge in [-0.1, -0.05) is 0 Å². The molecular formula is C12H11Br2NO4. The highest BCUT2D eigenvalue weighted by Gasteiger charge is 2.10. The number of carboxylic acids is 1. The number of likely N-dealkylation sites (N-methyl/N-ethyl adjacent to an activating group) is 1. The van der Waals surface area contributed by atoms with Crippen LogP contribution in [0.5, 0.6) is 5.75 Å². The smallest absolute Gasteiger partial charge is 0.328 e. The van der Waals surface area contributed by atoms with Gasteiger partial charge in [-0.2, -0.15) is 0 Å². The predicted molar refractivity (Wildman–Crippen MR) is 78.1 cm³/mol. The van der Waals surface area contributed by atoms with Gasteiger partial charge in [-0.3, -0.25) is 4.79 Å². The summed E-state index contributed by atoms with van der Waals surface area (Å²) in [5, 5.41) is 11.0. The molecule has 102 valence electrons. The summed E-state index contributed by atoms with van der Waals surface area (Å²) in [6, 6.07) is 3.40. The van der Waals surface area contributed by atoms with Gasteiger partial charge in [0.05, 0.1) is 8.95 Å². The maximum absolute atomic E-state index is 11.1. The molecule has 0 unspecified atom stereocenters. The first-order chi connectivity index (χ1) is 8.93. The van der Waals surface area contributed by atoms with E-state index < -0.39 is 5.97 Å². The zero-order valence-corrected chi connectivity index (χ0v) is 13.1. The number of carboxylic acid groups (broad SMARTS) is 1. The number of hydrogen-bond donors (Lipinski definition) is 2. The molecule has 0 aliphatic heterocycles. The summed E-state index contributed by atoms with van der Waals surface area (Å²) in [5.74, 6) is -0.781. The average Bonchev–Trinajstić information content (AvgIpc) is 2.34. The van der Waals surface area contributed by atoms with Gasteiger partial charge in [-0.05, 0) is 55.6 Å². The van der Waals surface area contributed by atoms with Crippen LogP contribution in [0.2, 0.25) is 0 Å². The number of hydrogen-bond acceptors (Lipinski definition) is 3. The predicted octanol–water partition coefficient (Wildman–Crippen LogP) is 2.43. The molecule has 5 nitrogen and oxygen atoms in total. The fraction of sp³-hybridized carbons (Fsp3) is 0.167. The number of carbonyl (C=O) groups excluding carboxylic acids is 1. The highest BCUT2D eigenvalue weighted by molar-refractivity contribution is 9.11. The zero-order chi connectivity index (χ0) is 14.4. The van der Waals surface area contributed by atoms with Crippen molar-refractivity contribution in [1.82, 2.24) is 5.32 Å². The average molecular weight is 393 g/mol. The van der Waals surface area contributed by atoms with Crippen LogP contribution in [0.15, 0.2) is 27.2 Å². The van der Waals surface area contributed by atoms with E-state index in [-0.39, 0.29) is 12.5 Å². The SMILES string of the molecule is CNC(=O)COc1c(Br)cc(/C=C/C(=O)O)cc1Br. The number of carbonyl (C=O) groups is 2. The third-order valence-corrected chi connectivity index (χ3v) is 3.24. The first-order valence-corrected chi connectivity index (χ1v) is 6.76. The van der Waals surface area contributed by atoms with Gasteiger partial charge in [-0.15, -0.1) is 0 Å². The lowest BCUT2D eigenvalue weighted by Crippen LogP contribution is -2.25. The first kappa shape index (κ1) is 15.7. The standard InChI is InChI=1S/C12H11Br2NO4/c1-15-10(16)6-19-12-8(13)4-7(5-9(12)14)2-3-11(17)18/h2-5H,6H2,1H3,(H,15,16)(H,17,18)/b3-2+. The van der Waals surface area contributed by atoms with Gasteiger partial charge >= 0.3 is 5.97 Å². The minimum atomic E-state index is -1.02. The number of ether oxygens (including phenoxy) is 1. The number of benzene rings is 1. The Morgan fingerprint density at radius 3 is 2.42 bits per heavy atom. The Labute approximate surface area is 126 Å². The first-order valence-electron chi connectivity index (χ1n) is 5.17. The van der Waals surface area contributed by atoms with Crippen molar-refractivity contribution < 1.29 is 19.4 Å². The highest BCUT2D eigenvalue weighted by Crippen LogP contribution is 2.35. The summed E-state index contributed by atoms with van der Waals surface area (Å²) < 4.78 is 6.60. The summed E-state index contributed by atoms with van der Waals surface area (Å²) in [5.41, 5.74) is 0.688. The van der Waals surface area contributed by atoms with Crippen molar-refractivity contribution in [1.29, 1.82) is 0 Å². The van der Waals surface area contributed by atoms with Crippen LogP contribution in [0.25, 0.3) is 6.08 Å². The van der Waals surface area contributed by atoms with Crippen LogP contribution in [-0.2, 0) is 9.59 Å². The van der Waals surface area contributed by atoms with Gasteiger partial charge < -0.3 is 15.2 Å². The van der Waals surface area contributed by atoms with Crippen molar-refractivity contribution >= 4 is 49.8 Å². The van der Waals surface area contributed by atoms with Crippen LogP contribution < -0.4 is 10.1 Å². The Bertz CT molecular complexity index is 505. The molecular weight excluding hydrogens is 382 g/mol. The Kier molecular flexibility index (Phi) is 6.04. The number of amides is 1. The van der Waals surface area contributed by atoms with Crippen molar-refractivity contribution in [2.45, 2.75) is 0 Å². The molecule has 1 aromatic rings. The van der Waals surface area contributed by atoms with Crippen molar-refractivity contribution in [2.75, 3.05) is 13.7 Å². The summed E-state index contributed by atoms with van der Waals surface area (Å²) >= 11 is 6.62. The molecule has 0 heterocycles. The normalized spacial score (nSPS) is 10.5. The highest BCUT2D eigenvalue weighted by atomic mass is 79.9. The molecule has 0 spiro atoms. The Morgan fingerprint density at radius 1 is 1.37 bits per heavy atom. The van der Waals surface area contributed by atoms with E-state index in [1.165, 1.54) is 13.1 Å². The van der Waals surface area contributed by atoms with Gasteiger partial charge in [0, 0.05) is 13.1 Å². The zero-order valence-electron chi connectivity index (χ0n) is 9.94. The van der Waals surface area contributed by atoms with Gasteiger partial charge in [0.1, 0.15) is 5.75 Å². The van der Waals surface area contributed by atoms with E-state index in [0.29, 0.717) is 20.3 Å². The maximum Gasteiger partial charge on any atom is 0.328 e. The second kappa shape index (κ2) is 7.30. The molecule has 0 bridgehead atoms. The molecule has 0 saturated carbocycles. The van der Waals surface area contributed by atoms with E-state index in [4.69, 9.17) is 9.84 Å². The number of rotatable bonds is 5. The molecule has 2 N–H and O–H groups in total. The van der Waals surface area contributed by atoms with Crippen molar-refractivity contribution in [3.8, 4) is 5.75 Å². The molecule has 1 amide bonds. The van der Waals surface area contributed by atoms with Crippen LogP contribution in [0.3, 0.4) is 0 Å². The Morgan fingerprint density at radius 2 is 1.95 bits per heavy atom. The molecule has 0 fully saturated rings. The summed E-state index contributed by atoms with van der Waals surface area (Å²) in [6.07, 6.45) is 2.50. The second-order valence-corrected chi connectivity index (χ2v) is 5.16. The molecule has 0 saturated heterocycles. The summed E-state index contributed by atoms with van der Waals surface area (Å²) in [6.45, 7) is -0.0992. The topological polar surface area (TPSA) is 75.6 Å². The van der Waals surface area contributed by atoms with Gasteiger partial charge in [0.25, 0.3) is 5.91 Å². The molecule has 0 atom stereocenters. The minimum absolute atomic E-state index is 0.0992. The lowest BCUT2D eigenvalue weighted by atomic mass is 10.2. The van der Waals surface area contributed by atoms with Crippen LogP contribution in [0.1, 0.15) is 5.56 Å². The minimum Gasteiger partial charge on any atom is -0.481 e. The van der Waals surface area contributed by atoms with Gasteiger partial charge in [0.2, 0.25) is 0 Å². The summed E-state index contributed by atoms with van der Waals surface area (Å²) in [7, 11) is 1.52. The van der Waals surface area contributed by atoms with Crippen molar-refractivity contribution in [3.05, 3.63) is 32.7 Å². The number of nitrogens with one attached hydrogen (secondary N) is 1. The number of halogens is 2. The third kappa shape index (κ3) is 5.04. The Hall–Kier alpha value is -1.34. The molecule has 0 radical (unpaired) electrons. The molecule has 0 aliphatic rings. The van der Waals surface area contributed by atoms with E-state index in [1.54, 1.807) is 12.1 Å².